The SMILES string of the molecule is CCCCCC(O)C(=O)O.[Bi]. The van der Waals surface area contributed by atoms with Gasteiger partial charge < -0.3 is 10.2 Å². The summed E-state index contributed by atoms with van der Waals surface area (Å²) in [4.78, 5) is 10.0. The van der Waals surface area contributed by atoms with Gasteiger partial charge in [0.25, 0.3) is 0 Å². The number of rotatable bonds is 5. The van der Waals surface area contributed by atoms with Crippen molar-refractivity contribution < 1.29 is 15.0 Å². The van der Waals surface area contributed by atoms with Crippen molar-refractivity contribution in [3.8, 4) is 0 Å². The van der Waals surface area contributed by atoms with Crippen LogP contribution in [-0.4, -0.2) is 48.5 Å². The molecule has 0 aromatic rings. The first-order valence-electron chi connectivity index (χ1n) is 3.59. The maximum atomic E-state index is 10.0. The van der Waals surface area contributed by atoms with Crippen LogP contribution in [0.3, 0.4) is 0 Å². The second-order valence-electron chi connectivity index (χ2n) is 2.35. The average Bonchev–Trinajstić information content (AvgIpc) is 1.88. The van der Waals surface area contributed by atoms with Gasteiger partial charge in [-0.05, 0) is 6.42 Å². The van der Waals surface area contributed by atoms with Gasteiger partial charge in [0.05, 0.1) is 0 Å². The third-order valence-electron chi connectivity index (χ3n) is 1.37. The second-order valence-corrected chi connectivity index (χ2v) is 2.35. The third kappa shape index (κ3) is 8.22. The van der Waals surface area contributed by atoms with E-state index in [-0.39, 0.29) is 26.2 Å². The van der Waals surface area contributed by atoms with Crippen molar-refractivity contribution in [3.63, 3.8) is 0 Å². The molecule has 4 heteroatoms. The first-order valence-corrected chi connectivity index (χ1v) is 3.59. The molecule has 2 N–H and O–H groups in total. The molecule has 0 aliphatic carbocycles. The van der Waals surface area contributed by atoms with Crippen molar-refractivity contribution in [2.45, 2.75) is 38.7 Å². The number of unbranched alkanes of at least 4 members (excludes halogenated alkanes) is 2. The standard InChI is InChI=1S/C7H14O3.Bi/c1-2-3-4-5-6(8)7(9)10;/h6,8H,2-5H2,1H3,(H,9,10);. The molecule has 0 heterocycles. The molecule has 0 aliphatic heterocycles. The Bertz CT molecular complexity index is 106. The molecule has 0 amide bonds. The molecular formula is C7H14BiO3. The molecule has 0 rings (SSSR count). The third-order valence-corrected chi connectivity index (χ3v) is 1.37. The van der Waals surface area contributed by atoms with Crippen LogP contribution in [0.1, 0.15) is 32.6 Å². The predicted molar refractivity (Wildman–Crippen MR) is 43.5 cm³/mol. The zero-order chi connectivity index (χ0) is 7.98. The van der Waals surface area contributed by atoms with Crippen LogP contribution in [0.15, 0.2) is 0 Å². The summed E-state index contributed by atoms with van der Waals surface area (Å²) in [5, 5.41) is 17.0. The molecular weight excluding hydrogens is 341 g/mol. The fourth-order valence-electron chi connectivity index (χ4n) is 0.711. The number of carboxylic acid groups (broad SMARTS) is 1. The maximum Gasteiger partial charge on any atom is 0.332 e. The van der Waals surface area contributed by atoms with Gasteiger partial charge in [-0.1, -0.05) is 26.2 Å². The quantitative estimate of drug-likeness (QED) is 0.562. The molecule has 0 aromatic heterocycles. The zero-order valence-corrected chi connectivity index (χ0v) is 10.1. The molecule has 1 atom stereocenters. The first kappa shape index (κ1) is 13.9. The summed E-state index contributed by atoms with van der Waals surface area (Å²) in [6, 6.07) is 0. The fourth-order valence-corrected chi connectivity index (χ4v) is 0.711. The van der Waals surface area contributed by atoms with E-state index in [1.807, 2.05) is 6.92 Å². The van der Waals surface area contributed by atoms with Crippen LogP contribution in [0.4, 0.5) is 0 Å². The molecule has 3 radical (unpaired) electrons. The molecule has 0 aromatic carbocycles. The number of hydrogen-bond donors (Lipinski definition) is 2. The molecule has 0 saturated carbocycles. The van der Waals surface area contributed by atoms with E-state index in [4.69, 9.17) is 10.2 Å². The molecule has 11 heavy (non-hydrogen) atoms. The van der Waals surface area contributed by atoms with E-state index < -0.39 is 12.1 Å². The van der Waals surface area contributed by atoms with Crippen molar-refractivity contribution in [3.05, 3.63) is 0 Å². The average molecular weight is 355 g/mol. The number of hydrogen-bond acceptors (Lipinski definition) is 2. The van der Waals surface area contributed by atoms with E-state index in [0.717, 1.165) is 19.3 Å². The minimum Gasteiger partial charge on any atom is -0.479 e. The van der Waals surface area contributed by atoms with Gasteiger partial charge in [-0.25, -0.2) is 4.79 Å². The van der Waals surface area contributed by atoms with Gasteiger partial charge in [-0.15, -0.1) is 0 Å². The van der Waals surface area contributed by atoms with E-state index in [1.165, 1.54) is 0 Å². The molecule has 0 fully saturated rings. The predicted octanol–water partition coefficient (Wildman–Crippen LogP) is 0.631. The summed E-state index contributed by atoms with van der Waals surface area (Å²) in [7, 11) is 0. The Morgan fingerprint density at radius 1 is 1.45 bits per heavy atom. The van der Waals surface area contributed by atoms with E-state index >= 15 is 0 Å². The number of aliphatic hydroxyl groups excluding tert-OH is 1. The maximum absolute atomic E-state index is 10.0. The van der Waals surface area contributed by atoms with E-state index in [0.29, 0.717) is 6.42 Å². The summed E-state index contributed by atoms with van der Waals surface area (Å²) in [5.74, 6) is -1.11. The molecule has 0 bridgehead atoms. The van der Waals surface area contributed by atoms with Gasteiger partial charge in [-0.3, -0.25) is 0 Å². The van der Waals surface area contributed by atoms with Gasteiger partial charge in [0.2, 0.25) is 0 Å². The van der Waals surface area contributed by atoms with E-state index in [9.17, 15) is 4.79 Å². The fraction of sp³-hybridized carbons (Fsp3) is 0.857. The van der Waals surface area contributed by atoms with Crippen LogP contribution in [0, 0.1) is 0 Å². The van der Waals surface area contributed by atoms with E-state index in [1.54, 1.807) is 0 Å². The monoisotopic (exact) mass is 355 g/mol. The molecule has 0 spiro atoms. The second kappa shape index (κ2) is 8.41. The van der Waals surface area contributed by atoms with Crippen molar-refractivity contribution in [1.82, 2.24) is 0 Å². The van der Waals surface area contributed by atoms with Crippen molar-refractivity contribution in [2.24, 2.45) is 0 Å². The smallest absolute Gasteiger partial charge is 0.332 e. The van der Waals surface area contributed by atoms with Crippen LogP contribution < -0.4 is 0 Å². The summed E-state index contributed by atoms with van der Waals surface area (Å²) in [5.41, 5.74) is 0. The van der Waals surface area contributed by atoms with Crippen LogP contribution >= 0.6 is 0 Å². The summed E-state index contributed by atoms with van der Waals surface area (Å²) in [6.07, 6.45) is 2.05. The Labute approximate surface area is 85.9 Å². The molecule has 0 aliphatic rings. The summed E-state index contributed by atoms with van der Waals surface area (Å²) < 4.78 is 0. The van der Waals surface area contributed by atoms with Gasteiger partial charge in [0.1, 0.15) is 0 Å². The van der Waals surface area contributed by atoms with Crippen LogP contribution in [0.2, 0.25) is 0 Å². The van der Waals surface area contributed by atoms with Crippen LogP contribution in [0.25, 0.3) is 0 Å². The number of carbonyl (C=O) groups is 1. The Hall–Kier alpha value is 0.313. The minimum atomic E-state index is -1.16. The Kier molecular flexibility index (Phi) is 10.6. The first-order chi connectivity index (χ1) is 4.68. The zero-order valence-electron chi connectivity index (χ0n) is 6.66. The Morgan fingerprint density at radius 2 is 2.00 bits per heavy atom. The molecule has 65 valence electrons. The Morgan fingerprint density at radius 3 is 2.36 bits per heavy atom. The van der Waals surface area contributed by atoms with Gasteiger partial charge >= 0.3 is 5.97 Å². The Balaban J connectivity index is 0. The van der Waals surface area contributed by atoms with Crippen LogP contribution in [0.5, 0.6) is 0 Å². The summed E-state index contributed by atoms with van der Waals surface area (Å²) in [6.45, 7) is 2.03. The van der Waals surface area contributed by atoms with E-state index in [2.05, 4.69) is 0 Å². The molecule has 1 unspecified atom stereocenters. The topological polar surface area (TPSA) is 57.5 Å². The van der Waals surface area contributed by atoms with Crippen molar-refractivity contribution >= 4 is 32.2 Å². The van der Waals surface area contributed by atoms with Gasteiger partial charge in [-0.2, -0.15) is 0 Å². The number of aliphatic hydroxyl groups is 1. The van der Waals surface area contributed by atoms with Gasteiger partial charge in [0, 0.05) is 26.2 Å². The number of aliphatic carboxylic acids is 1. The molecule has 3 nitrogen and oxygen atoms in total. The summed E-state index contributed by atoms with van der Waals surface area (Å²) >= 11 is 0. The van der Waals surface area contributed by atoms with Crippen LogP contribution in [-0.2, 0) is 4.79 Å². The largest absolute Gasteiger partial charge is 0.479 e. The van der Waals surface area contributed by atoms with Crippen molar-refractivity contribution in [1.29, 1.82) is 0 Å². The van der Waals surface area contributed by atoms with Crippen molar-refractivity contribution in [2.75, 3.05) is 0 Å². The normalized spacial score (nSPS) is 11.8. The number of carboxylic acids is 1. The minimum absolute atomic E-state index is 0. The molecule has 0 saturated heterocycles. The van der Waals surface area contributed by atoms with Gasteiger partial charge in [0.15, 0.2) is 6.10 Å².